The van der Waals surface area contributed by atoms with Gasteiger partial charge in [-0.05, 0) is 44.1 Å². The summed E-state index contributed by atoms with van der Waals surface area (Å²) in [5.74, 6) is 2.89. The molecule has 0 saturated carbocycles. The van der Waals surface area contributed by atoms with Crippen LogP contribution in [0.25, 0.3) is 10.9 Å². The Morgan fingerprint density at radius 2 is 1.63 bits per heavy atom. The van der Waals surface area contributed by atoms with E-state index < -0.39 is 0 Å². The molecule has 184 valence electrons. The van der Waals surface area contributed by atoms with Crippen LogP contribution in [0, 0.1) is 0 Å². The zero-order valence-electron chi connectivity index (χ0n) is 19.7. The molecule has 3 aromatic rings. The first-order chi connectivity index (χ1) is 17.2. The van der Waals surface area contributed by atoms with Gasteiger partial charge in [-0.1, -0.05) is 0 Å². The molecule has 1 N–H and O–H groups in total. The largest absolute Gasteiger partial charge is 0.486 e. The molecule has 0 unspecified atom stereocenters. The fourth-order valence-electron chi connectivity index (χ4n) is 5.05. The van der Waals surface area contributed by atoms with Crippen LogP contribution in [0.1, 0.15) is 18.5 Å². The maximum atomic E-state index is 12.8. The summed E-state index contributed by atoms with van der Waals surface area (Å²) in [4.78, 5) is 19.7. The van der Waals surface area contributed by atoms with Gasteiger partial charge < -0.3 is 33.7 Å². The lowest BCUT2D eigenvalue weighted by molar-refractivity contribution is 0.170. The molecule has 3 aliphatic rings. The van der Waals surface area contributed by atoms with Crippen molar-refractivity contribution in [3.63, 3.8) is 0 Å². The van der Waals surface area contributed by atoms with Crippen molar-refractivity contribution in [2.75, 3.05) is 46.1 Å². The van der Waals surface area contributed by atoms with Crippen LogP contribution in [0.3, 0.4) is 0 Å². The summed E-state index contributed by atoms with van der Waals surface area (Å²) < 4.78 is 24.7. The number of nitrogens with one attached hydrogen (secondary N) is 1. The van der Waals surface area contributed by atoms with Crippen molar-refractivity contribution >= 4 is 10.9 Å². The monoisotopic (exact) mass is 478 g/mol. The van der Waals surface area contributed by atoms with Crippen molar-refractivity contribution in [2.45, 2.75) is 32.0 Å². The number of rotatable bonds is 6. The van der Waals surface area contributed by atoms with E-state index in [1.807, 2.05) is 28.8 Å². The van der Waals surface area contributed by atoms with Gasteiger partial charge in [-0.25, -0.2) is 0 Å². The standard InChI is InChI=1S/C26H30N4O5/c31-24-4-2-18-1-3-21-26(35-14-13-32-21)25(18)30(24)10-9-29-7-5-19(6-8-29)27-16-20-15-22-23(17-28-20)34-12-11-33-22/h1-4,15,17,19,27H,5-14,16H2. The first-order valence-electron chi connectivity index (χ1n) is 12.4. The smallest absolute Gasteiger partial charge is 0.251 e. The SMILES string of the molecule is O=c1ccc2ccc3c(c2n1CCN1CCC(NCc2cc4c(cn2)OCCO4)CC1)OCCO3. The Morgan fingerprint density at radius 3 is 2.49 bits per heavy atom. The second-order valence-electron chi connectivity index (χ2n) is 9.17. The minimum atomic E-state index is -0.0106. The van der Waals surface area contributed by atoms with Crippen molar-refractivity contribution in [1.29, 1.82) is 0 Å². The van der Waals surface area contributed by atoms with E-state index in [1.54, 1.807) is 12.3 Å². The van der Waals surface area contributed by atoms with E-state index in [2.05, 4.69) is 15.2 Å². The Kier molecular flexibility index (Phi) is 6.18. The van der Waals surface area contributed by atoms with Crippen molar-refractivity contribution in [3.8, 4) is 23.0 Å². The van der Waals surface area contributed by atoms with Crippen molar-refractivity contribution in [2.24, 2.45) is 0 Å². The van der Waals surface area contributed by atoms with Crippen LogP contribution in [-0.2, 0) is 13.1 Å². The molecule has 0 radical (unpaired) electrons. The molecule has 0 amide bonds. The van der Waals surface area contributed by atoms with E-state index in [1.165, 1.54) is 0 Å². The third kappa shape index (κ3) is 4.66. The molecular formula is C26H30N4O5. The van der Waals surface area contributed by atoms with Gasteiger partial charge in [0.2, 0.25) is 0 Å². The van der Waals surface area contributed by atoms with Gasteiger partial charge in [0, 0.05) is 43.2 Å². The van der Waals surface area contributed by atoms with Crippen LogP contribution < -0.4 is 29.8 Å². The van der Waals surface area contributed by atoms with E-state index in [9.17, 15) is 4.79 Å². The van der Waals surface area contributed by atoms with E-state index in [-0.39, 0.29) is 5.56 Å². The summed E-state index contributed by atoms with van der Waals surface area (Å²) in [6.45, 7) is 6.31. The van der Waals surface area contributed by atoms with Gasteiger partial charge in [-0.3, -0.25) is 9.78 Å². The Morgan fingerprint density at radius 1 is 0.886 bits per heavy atom. The van der Waals surface area contributed by atoms with Crippen molar-refractivity contribution in [1.82, 2.24) is 19.8 Å². The molecule has 0 aliphatic carbocycles. The molecule has 1 aromatic carbocycles. The molecule has 2 aromatic heterocycles. The van der Waals surface area contributed by atoms with Gasteiger partial charge in [0.1, 0.15) is 26.4 Å². The number of benzene rings is 1. The Labute approximate surface area is 203 Å². The molecule has 5 heterocycles. The number of pyridine rings is 2. The highest BCUT2D eigenvalue weighted by Crippen LogP contribution is 2.37. The van der Waals surface area contributed by atoms with Crippen molar-refractivity contribution < 1.29 is 18.9 Å². The van der Waals surface area contributed by atoms with Crippen LogP contribution in [0.4, 0.5) is 0 Å². The molecule has 1 saturated heterocycles. The van der Waals surface area contributed by atoms with Gasteiger partial charge in [0.05, 0.1) is 17.4 Å². The van der Waals surface area contributed by atoms with E-state index >= 15 is 0 Å². The molecule has 0 bridgehead atoms. The lowest BCUT2D eigenvalue weighted by Gasteiger charge is -2.32. The second-order valence-corrected chi connectivity index (χ2v) is 9.17. The third-order valence-corrected chi connectivity index (χ3v) is 6.94. The zero-order valence-corrected chi connectivity index (χ0v) is 19.7. The first kappa shape index (κ1) is 22.2. The Balaban J connectivity index is 1.05. The highest BCUT2D eigenvalue weighted by atomic mass is 16.6. The quantitative estimate of drug-likeness (QED) is 0.577. The van der Waals surface area contributed by atoms with Gasteiger partial charge >= 0.3 is 0 Å². The number of hydrogen-bond acceptors (Lipinski definition) is 8. The summed E-state index contributed by atoms with van der Waals surface area (Å²) in [5, 5.41) is 4.63. The maximum absolute atomic E-state index is 12.8. The van der Waals surface area contributed by atoms with E-state index in [0.717, 1.165) is 60.6 Å². The number of aromatic nitrogens is 2. The van der Waals surface area contributed by atoms with Crippen LogP contribution in [0.2, 0.25) is 0 Å². The highest BCUT2D eigenvalue weighted by Gasteiger charge is 2.22. The van der Waals surface area contributed by atoms with Crippen LogP contribution in [0.15, 0.2) is 41.3 Å². The molecule has 9 heteroatoms. The fourth-order valence-corrected chi connectivity index (χ4v) is 5.05. The average Bonchev–Trinajstić information content (AvgIpc) is 2.91. The number of ether oxygens (including phenoxy) is 4. The first-order valence-corrected chi connectivity index (χ1v) is 12.4. The Hall–Kier alpha value is -3.30. The number of piperidine rings is 1. The summed E-state index contributed by atoms with van der Waals surface area (Å²) in [6.07, 6.45) is 3.86. The summed E-state index contributed by atoms with van der Waals surface area (Å²) >= 11 is 0. The number of fused-ring (bicyclic) bond motifs is 4. The zero-order chi connectivity index (χ0) is 23.6. The molecule has 6 rings (SSSR count). The maximum Gasteiger partial charge on any atom is 0.251 e. The number of likely N-dealkylation sites (tertiary alicyclic amines) is 1. The number of nitrogens with zero attached hydrogens (tertiary/aromatic N) is 3. The van der Waals surface area contributed by atoms with Gasteiger partial charge in [-0.15, -0.1) is 0 Å². The molecule has 0 atom stereocenters. The van der Waals surface area contributed by atoms with Crippen LogP contribution >= 0.6 is 0 Å². The number of hydrogen-bond donors (Lipinski definition) is 1. The topological polar surface area (TPSA) is 87.1 Å². The van der Waals surface area contributed by atoms with Crippen LogP contribution in [-0.4, -0.2) is 66.6 Å². The molecule has 0 spiro atoms. The second kappa shape index (κ2) is 9.75. The summed E-state index contributed by atoms with van der Waals surface area (Å²) in [7, 11) is 0. The van der Waals surface area contributed by atoms with Crippen LogP contribution in [0.5, 0.6) is 23.0 Å². The molecule has 9 nitrogen and oxygen atoms in total. The van der Waals surface area contributed by atoms with E-state index in [4.69, 9.17) is 18.9 Å². The highest BCUT2D eigenvalue weighted by molar-refractivity contribution is 5.87. The lowest BCUT2D eigenvalue weighted by Crippen LogP contribution is -2.43. The predicted octanol–water partition coefficient (Wildman–Crippen LogP) is 2.19. The van der Waals surface area contributed by atoms with Gasteiger partial charge in [-0.2, -0.15) is 0 Å². The van der Waals surface area contributed by atoms with E-state index in [0.29, 0.717) is 57.1 Å². The van der Waals surface area contributed by atoms with Gasteiger partial charge in [0.15, 0.2) is 23.0 Å². The summed E-state index contributed by atoms with van der Waals surface area (Å²) in [5.41, 5.74) is 1.78. The minimum Gasteiger partial charge on any atom is -0.486 e. The Bertz CT molecular complexity index is 1270. The average molecular weight is 479 g/mol. The fraction of sp³-hybridized carbons (Fsp3) is 0.462. The lowest BCUT2D eigenvalue weighted by atomic mass is 10.0. The molecular weight excluding hydrogens is 448 g/mol. The van der Waals surface area contributed by atoms with Gasteiger partial charge in [0.25, 0.3) is 5.56 Å². The minimum absolute atomic E-state index is 0.0106. The normalized spacial score (nSPS) is 18.1. The third-order valence-electron chi connectivity index (χ3n) is 6.94. The molecule has 3 aliphatic heterocycles. The summed E-state index contributed by atoms with van der Waals surface area (Å²) in [6, 6.07) is 9.82. The van der Waals surface area contributed by atoms with Crippen molar-refractivity contribution in [3.05, 3.63) is 52.6 Å². The molecule has 35 heavy (non-hydrogen) atoms. The molecule has 1 fully saturated rings. The predicted molar refractivity (Wildman–Crippen MR) is 131 cm³/mol.